The van der Waals surface area contributed by atoms with E-state index >= 15 is 0 Å². The molecule has 1 aliphatic rings. The number of halogens is 1. The van der Waals surface area contributed by atoms with E-state index in [9.17, 15) is 3.47 Å². The summed E-state index contributed by atoms with van der Waals surface area (Å²) in [4.78, 5) is 7.56. The van der Waals surface area contributed by atoms with Gasteiger partial charge in [0, 0.05) is 0 Å². The zero-order valence-corrected chi connectivity index (χ0v) is 8.86. The van der Waals surface area contributed by atoms with Crippen molar-refractivity contribution in [2.45, 2.75) is 4.76 Å². The van der Waals surface area contributed by atoms with Crippen molar-refractivity contribution in [1.82, 2.24) is 0 Å². The maximum atomic E-state index is 11.2. The molecular formula is CH3AsFKO3. The molecule has 1 saturated heterocycles. The molecule has 1 aliphatic heterocycles. The molecule has 1 heterocycles. The van der Waals surface area contributed by atoms with Gasteiger partial charge in [-0.3, -0.25) is 0 Å². The van der Waals surface area contributed by atoms with Gasteiger partial charge in [0.1, 0.15) is 0 Å². The minimum Gasteiger partial charge on any atom is -1.00 e. The molecule has 0 aromatic rings. The molecule has 0 bridgehead atoms. The second-order valence-corrected chi connectivity index (χ2v) is 2.57. The van der Waals surface area contributed by atoms with Crippen molar-refractivity contribution < 1.29 is 71.2 Å². The van der Waals surface area contributed by atoms with Gasteiger partial charge >= 0.3 is 90.7 Å². The van der Waals surface area contributed by atoms with Crippen LogP contribution < -0.4 is 51.4 Å². The molecule has 0 spiro atoms. The van der Waals surface area contributed by atoms with Gasteiger partial charge in [-0.05, 0) is 0 Å². The van der Waals surface area contributed by atoms with E-state index in [2.05, 4.69) is 9.78 Å². The monoisotopic (exact) mass is 196 g/mol. The van der Waals surface area contributed by atoms with Gasteiger partial charge in [-0.25, -0.2) is 0 Å². The van der Waals surface area contributed by atoms with Crippen molar-refractivity contribution in [2.75, 3.05) is 0 Å². The molecule has 38 valence electrons. The number of rotatable bonds is 1. The first-order valence-electron chi connectivity index (χ1n) is 1.24. The van der Waals surface area contributed by atoms with Crippen molar-refractivity contribution in [2.24, 2.45) is 0 Å². The Bertz CT molecular complexity index is 70.3. The van der Waals surface area contributed by atoms with Crippen LogP contribution >= 0.6 is 0 Å². The first-order chi connectivity index (χ1) is 2.77. The molecule has 0 amide bonds. The first-order valence-corrected chi connectivity index (χ1v) is 3.08. The molecule has 1 rings (SSSR count). The van der Waals surface area contributed by atoms with Crippen LogP contribution in [0.25, 0.3) is 0 Å². The Labute approximate surface area is 90.6 Å². The number of aliphatic hydroxyl groups is 1. The van der Waals surface area contributed by atoms with Crippen molar-refractivity contribution in [1.29, 1.82) is 0 Å². The molecule has 1 N–H and O–H groups in total. The minimum absolute atomic E-state index is 0. The summed E-state index contributed by atoms with van der Waals surface area (Å²) in [6.07, 6.45) is 0. The Morgan fingerprint density at radius 1 is 1.71 bits per heavy atom. The van der Waals surface area contributed by atoms with Crippen LogP contribution in [0.15, 0.2) is 0 Å². The van der Waals surface area contributed by atoms with E-state index in [1.807, 2.05) is 0 Å². The molecule has 7 heavy (non-hydrogen) atoms. The predicted octanol–water partition coefficient (Wildman–Crippen LogP) is -4.01. The SMILES string of the molecule is OC1([AsH]F)OO1.[H-].[K+]. The van der Waals surface area contributed by atoms with Gasteiger partial charge in [0.05, 0.1) is 0 Å². The van der Waals surface area contributed by atoms with Gasteiger partial charge in [0.15, 0.2) is 0 Å². The quantitative estimate of drug-likeness (QED) is 0.264. The molecule has 0 aliphatic carbocycles. The van der Waals surface area contributed by atoms with Gasteiger partial charge in [-0.15, -0.1) is 0 Å². The fourth-order valence-electron chi connectivity index (χ4n) is 0.0710. The topological polar surface area (TPSA) is 45.3 Å². The molecule has 1 atom stereocenters. The van der Waals surface area contributed by atoms with E-state index in [0.717, 1.165) is 0 Å². The molecule has 0 aromatic carbocycles. The maximum Gasteiger partial charge on any atom is 1.00 e. The Kier molecular flexibility index (Phi) is 4.17. The summed E-state index contributed by atoms with van der Waals surface area (Å²) in [5, 5.41) is 8.17. The van der Waals surface area contributed by atoms with Crippen LogP contribution in [0.4, 0.5) is 3.47 Å². The summed E-state index contributed by atoms with van der Waals surface area (Å²) in [5.74, 6) is 0. The van der Waals surface area contributed by atoms with Crippen LogP contribution in [0.3, 0.4) is 0 Å². The molecule has 3 nitrogen and oxygen atoms in total. The van der Waals surface area contributed by atoms with Gasteiger partial charge in [0.25, 0.3) is 0 Å². The third-order valence-corrected chi connectivity index (χ3v) is 1.21. The summed E-state index contributed by atoms with van der Waals surface area (Å²) >= 11 is -1.92. The number of hydrogen-bond acceptors (Lipinski definition) is 3. The zero-order valence-electron chi connectivity index (χ0n) is 4.64. The summed E-state index contributed by atoms with van der Waals surface area (Å²) in [5.41, 5.74) is 0. The van der Waals surface area contributed by atoms with E-state index in [0.29, 0.717) is 0 Å². The van der Waals surface area contributed by atoms with Crippen LogP contribution in [0.2, 0.25) is 0 Å². The van der Waals surface area contributed by atoms with E-state index in [1.165, 1.54) is 0 Å². The summed E-state index contributed by atoms with van der Waals surface area (Å²) in [6, 6.07) is 0. The van der Waals surface area contributed by atoms with Crippen LogP contribution in [-0.4, -0.2) is 26.1 Å². The predicted molar refractivity (Wildman–Crippen MR) is 16.5 cm³/mol. The van der Waals surface area contributed by atoms with Crippen LogP contribution in [0, 0.1) is 0 Å². The van der Waals surface area contributed by atoms with Gasteiger partial charge in [0.2, 0.25) is 0 Å². The molecule has 1 unspecified atom stereocenters. The van der Waals surface area contributed by atoms with E-state index < -0.39 is 21.0 Å². The fourth-order valence-corrected chi connectivity index (χ4v) is 0.291. The Hall–Kier alpha value is 2.00. The normalized spacial score (nSPS) is 24.9. The second kappa shape index (κ2) is 3.24. The first kappa shape index (κ1) is 9.00. The van der Waals surface area contributed by atoms with Crippen molar-refractivity contribution in [3.63, 3.8) is 0 Å². The minimum atomic E-state index is -1.92. The van der Waals surface area contributed by atoms with Crippen LogP contribution in [-0.2, 0) is 9.78 Å². The van der Waals surface area contributed by atoms with Crippen molar-refractivity contribution in [3.8, 4) is 0 Å². The largest absolute Gasteiger partial charge is 1.00 e. The Morgan fingerprint density at radius 3 is 2.14 bits per heavy atom. The van der Waals surface area contributed by atoms with Crippen LogP contribution in [0.5, 0.6) is 0 Å². The number of hydrogen-bond donors (Lipinski definition) is 1. The van der Waals surface area contributed by atoms with Gasteiger partial charge in [-0.2, -0.15) is 0 Å². The van der Waals surface area contributed by atoms with E-state index in [-0.39, 0.29) is 52.8 Å². The smallest absolute Gasteiger partial charge is 1.00 e. The third kappa shape index (κ3) is 2.88. The van der Waals surface area contributed by atoms with Crippen molar-refractivity contribution in [3.05, 3.63) is 0 Å². The standard InChI is InChI=1S/CH2AsFO3.K.H/c3-2-1(4)5-6-1;;/h2,4H;;/q;+1;-1. The molecule has 0 radical (unpaired) electrons. The van der Waals surface area contributed by atoms with E-state index in [1.54, 1.807) is 0 Å². The molecule has 1 fully saturated rings. The van der Waals surface area contributed by atoms with Gasteiger partial charge < -0.3 is 1.43 Å². The van der Waals surface area contributed by atoms with E-state index in [4.69, 9.17) is 5.11 Å². The molecule has 0 aromatic heterocycles. The second-order valence-electron chi connectivity index (χ2n) is 0.843. The zero-order chi connectivity index (χ0) is 4.62. The molecular weight excluding hydrogens is 193 g/mol. The summed E-state index contributed by atoms with van der Waals surface area (Å²) in [7, 11) is 0. The maximum absolute atomic E-state index is 11.2. The average molecular weight is 196 g/mol. The average Bonchev–Trinajstić information content (AvgIpc) is 2.22. The van der Waals surface area contributed by atoms with Gasteiger partial charge in [-0.1, -0.05) is 0 Å². The fraction of sp³-hybridized carbons (Fsp3) is 1.00. The summed E-state index contributed by atoms with van der Waals surface area (Å²) in [6.45, 7) is 0. The summed E-state index contributed by atoms with van der Waals surface area (Å²) < 4.78 is 9.44. The Morgan fingerprint density at radius 2 is 2.14 bits per heavy atom. The molecule has 6 heteroatoms. The third-order valence-electron chi connectivity index (χ3n) is 0.361. The van der Waals surface area contributed by atoms with Crippen LogP contribution in [0.1, 0.15) is 1.43 Å². The Balaban J connectivity index is 0. The van der Waals surface area contributed by atoms with Crippen molar-refractivity contribution >= 4 is 16.2 Å². The molecule has 0 saturated carbocycles.